The Morgan fingerprint density at radius 2 is 0.897 bits per heavy atom. The quantitative estimate of drug-likeness (QED) is 0.118. The number of rotatable bonds is 8. The van der Waals surface area contributed by atoms with Crippen molar-refractivity contribution in [3.05, 3.63) is 0 Å². The summed E-state index contributed by atoms with van der Waals surface area (Å²) in [6, 6.07) is 0. The Bertz CT molecular complexity index is 403. The average Bonchev–Trinajstić information content (AvgIpc) is 2.51. The van der Waals surface area contributed by atoms with Crippen molar-refractivity contribution in [3.8, 4) is 0 Å². The van der Waals surface area contributed by atoms with Crippen molar-refractivity contribution in [2.45, 2.75) is 27.7 Å². The van der Waals surface area contributed by atoms with Crippen LogP contribution < -0.4 is 0 Å². The highest BCUT2D eigenvalue weighted by molar-refractivity contribution is 6.47. The molecule has 16 heteroatoms. The number of hydrogen-bond acceptors (Lipinski definition) is 14. The van der Waals surface area contributed by atoms with Crippen molar-refractivity contribution in [3.63, 3.8) is 0 Å². The zero-order valence-electron chi connectivity index (χ0n) is 16.6. The first-order valence-corrected chi connectivity index (χ1v) is 11.7. The number of aliphatic hydroxyl groups is 2. The van der Waals surface area contributed by atoms with E-state index in [-0.39, 0.29) is 25.0 Å². The summed E-state index contributed by atoms with van der Waals surface area (Å²) >= 11 is 0. The van der Waals surface area contributed by atoms with E-state index in [1.165, 1.54) is 0 Å². The average molecular weight is 469 g/mol. The van der Waals surface area contributed by atoms with Gasteiger partial charge in [-0.2, -0.15) is 0 Å². The van der Waals surface area contributed by atoms with Crippen LogP contribution in [0, 0.1) is 17.3 Å². The van der Waals surface area contributed by atoms with Crippen LogP contribution in [0.15, 0.2) is 0 Å². The molecule has 0 saturated heterocycles. The second kappa shape index (κ2) is 14.9. The summed E-state index contributed by atoms with van der Waals surface area (Å²) in [5, 5.41) is 18.7. The highest BCUT2D eigenvalue weighted by Gasteiger charge is 2.33. The summed E-state index contributed by atoms with van der Waals surface area (Å²) in [5.74, 6) is -1.45. The minimum atomic E-state index is -4.61. The van der Waals surface area contributed by atoms with Gasteiger partial charge in [0.05, 0.1) is 30.5 Å². The Hall–Kier alpha value is -1.03. The molecule has 176 valence electrons. The second-order valence-corrected chi connectivity index (χ2v) is 8.94. The molecule has 10 N–H and O–H groups in total. The molecule has 14 nitrogen and oxygen atoms in total. The summed E-state index contributed by atoms with van der Waals surface area (Å²) in [6.45, 7) is 5.45. The number of esters is 2. The molecule has 0 spiro atoms. The molecule has 0 radical (unpaired) electrons. The second-order valence-electron chi connectivity index (χ2n) is 6.54. The van der Waals surface area contributed by atoms with Crippen LogP contribution in [0.3, 0.4) is 0 Å². The van der Waals surface area contributed by atoms with Gasteiger partial charge >= 0.3 is 30.0 Å². The van der Waals surface area contributed by atoms with E-state index < -0.39 is 48.7 Å². The number of carbonyl (C=O) groups is 2. The van der Waals surface area contributed by atoms with Crippen LogP contribution in [-0.4, -0.2) is 105 Å². The van der Waals surface area contributed by atoms with E-state index in [1.54, 1.807) is 27.7 Å². The van der Waals surface area contributed by atoms with Crippen molar-refractivity contribution < 1.29 is 67.6 Å². The summed E-state index contributed by atoms with van der Waals surface area (Å²) < 4.78 is 9.99. The van der Waals surface area contributed by atoms with Gasteiger partial charge in [-0.25, -0.2) is 0 Å². The fraction of sp³-hybridized carbons (Fsp3) is 0.846. The molecule has 0 amide bonds. The van der Waals surface area contributed by atoms with Crippen LogP contribution in [0.5, 0.6) is 0 Å². The highest BCUT2D eigenvalue weighted by atomic mass is 28.4. The molecule has 0 fully saturated rings. The summed E-state index contributed by atoms with van der Waals surface area (Å²) in [7, 11) is -9.22. The lowest BCUT2D eigenvalue weighted by Gasteiger charge is -2.29. The van der Waals surface area contributed by atoms with Gasteiger partial charge in [-0.1, -0.05) is 27.7 Å². The Morgan fingerprint density at radius 1 is 0.690 bits per heavy atom. The van der Waals surface area contributed by atoms with Gasteiger partial charge in [-0.3, -0.25) is 9.59 Å². The number of carbonyl (C=O) groups excluding carboxylic acids is 2. The predicted molar refractivity (Wildman–Crippen MR) is 97.5 cm³/mol. The standard InChI is InChI=1S/C13H24O6.2H4O4Si/c1-9(2)11(16)18-7-13(5-14,6-15)8-19-12(17)10(3)4;2*1-5(2,3)4/h9-10,14-15H,5-8H2,1-4H3;2*1-4H. The summed E-state index contributed by atoms with van der Waals surface area (Å²) in [4.78, 5) is 81.4. The zero-order valence-corrected chi connectivity index (χ0v) is 18.6. The van der Waals surface area contributed by atoms with Crippen molar-refractivity contribution in [2.75, 3.05) is 26.4 Å². The molecule has 29 heavy (non-hydrogen) atoms. The molecule has 0 saturated carbocycles. The number of ether oxygens (including phenoxy) is 2. The van der Waals surface area contributed by atoms with Gasteiger partial charge in [0.25, 0.3) is 0 Å². The van der Waals surface area contributed by atoms with Crippen LogP contribution in [0.1, 0.15) is 27.7 Å². The monoisotopic (exact) mass is 468 g/mol. The van der Waals surface area contributed by atoms with E-state index in [1.807, 2.05) is 0 Å². The van der Waals surface area contributed by atoms with Gasteiger partial charge in [0.15, 0.2) is 0 Å². The van der Waals surface area contributed by atoms with Gasteiger partial charge in [0.1, 0.15) is 13.2 Å². The topological polar surface area (TPSA) is 255 Å². The molecular formula is C13H32O14Si2. The smallest absolute Gasteiger partial charge is 0.465 e. The maximum Gasteiger partial charge on any atom is 0.668 e. The van der Waals surface area contributed by atoms with Crippen LogP contribution in [0.25, 0.3) is 0 Å². The number of aliphatic hydroxyl groups excluding tert-OH is 2. The van der Waals surface area contributed by atoms with Gasteiger partial charge in [0.2, 0.25) is 0 Å². The van der Waals surface area contributed by atoms with Crippen molar-refractivity contribution >= 4 is 30.0 Å². The SMILES string of the molecule is CC(C)C(=O)OCC(CO)(CO)COC(=O)C(C)C.O[Si](O)(O)O.O[Si](O)(O)O. The van der Waals surface area contributed by atoms with Gasteiger partial charge in [-0.05, 0) is 0 Å². The van der Waals surface area contributed by atoms with E-state index in [9.17, 15) is 19.8 Å². The molecule has 0 unspecified atom stereocenters. The lowest BCUT2D eigenvalue weighted by atomic mass is 9.92. The normalized spacial score (nSPS) is 11.9. The Balaban J connectivity index is -0.000000555. The molecule has 0 aliphatic heterocycles. The Morgan fingerprint density at radius 3 is 1.03 bits per heavy atom. The third-order valence-corrected chi connectivity index (χ3v) is 2.65. The fourth-order valence-electron chi connectivity index (χ4n) is 1.06. The summed E-state index contributed by atoms with van der Waals surface area (Å²) in [6.07, 6.45) is 0. The highest BCUT2D eigenvalue weighted by Crippen LogP contribution is 2.18. The zero-order chi connectivity index (χ0) is 24.1. The van der Waals surface area contributed by atoms with Crippen LogP contribution in [0.2, 0.25) is 0 Å². The van der Waals surface area contributed by atoms with Crippen LogP contribution in [-0.2, 0) is 19.1 Å². The third-order valence-electron chi connectivity index (χ3n) is 2.65. The Labute approximate surface area is 169 Å². The largest absolute Gasteiger partial charge is 0.668 e. The Kier molecular flexibility index (Phi) is 16.7. The van der Waals surface area contributed by atoms with Crippen LogP contribution in [0.4, 0.5) is 0 Å². The lowest BCUT2D eigenvalue weighted by molar-refractivity contribution is -0.162. The molecule has 0 aromatic carbocycles. The molecular weight excluding hydrogens is 436 g/mol. The maximum absolute atomic E-state index is 11.4. The maximum atomic E-state index is 11.4. The first-order chi connectivity index (χ1) is 12.8. The van der Waals surface area contributed by atoms with E-state index in [0.717, 1.165) is 0 Å². The van der Waals surface area contributed by atoms with Gasteiger partial charge < -0.3 is 58.1 Å². The van der Waals surface area contributed by atoms with Crippen molar-refractivity contribution in [1.29, 1.82) is 0 Å². The lowest BCUT2D eigenvalue weighted by Crippen LogP contribution is -2.41. The number of hydrogen-bond donors (Lipinski definition) is 10. The van der Waals surface area contributed by atoms with Crippen molar-refractivity contribution in [1.82, 2.24) is 0 Å². The molecule has 0 heterocycles. The fourth-order valence-corrected chi connectivity index (χ4v) is 1.06. The molecule has 0 aliphatic rings. The molecule has 0 aromatic heterocycles. The van der Waals surface area contributed by atoms with Gasteiger partial charge in [0, 0.05) is 0 Å². The molecule has 0 bridgehead atoms. The molecule has 0 aromatic rings. The first-order valence-electron chi connectivity index (χ1n) is 8.12. The minimum Gasteiger partial charge on any atom is -0.465 e. The van der Waals surface area contributed by atoms with Crippen molar-refractivity contribution in [2.24, 2.45) is 17.3 Å². The van der Waals surface area contributed by atoms with E-state index >= 15 is 0 Å². The summed E-state index contributed by atoms with van der Waals surface area (Å²) in [5.41, 5.74) is -1.16. The third kappa shape index (κ3) is 27.0. The van der Waals surface area contributed by atoms with Gasteiger partial charge in [-0.15, -0.1) is 0 Å². The molecule has 0 atom stereocenters. The minimum absolute atomic E-state index is 0.192. The van der Waals surface area contributed by atoms with E-state index in [4.69, 9.17) is 47.8 Å². The molecule has 0 rings (SSSR count). The predicted octanol–water partition coefficient (Wildman–Crippen LogP) is -4.86. The van der Waals surface area contributed by atoms with E-state index in [2.05, 4.69) is 0 Å². The van der Waals surface area contributed by atoms with E-state index in [0.29, 0.717) is 0 Å². The van der Waals surface area contributed by atoms with Crippen LogP contribution >= 0.6 is 0 Å². The molecule has 0 aliphatic carbocycles. The first kappa shape index (κ1) is 32.6.